The van der Waals surface area contributed by atoms with Crippen molar-refractivity contribution < 1.29 is 0 Å². The van der Waals surface area contributed by atoms with E-state index in [2.05, 4.69) is 25.9 Å². The number of aromatic nitrogens is 2. The third-order valence-corrected chi connectivity index (χ3v) is 2.50. The maximum Gasteiger partial charge on any atom is 0.107 e. The van der Waals surface area contributed by atoms with E-state index in [-0.39, 0.29) is 0 Å². The van der Waals surface area contributed by atoms with Crippen molar-refractivity contribution in [2.45, 2.75) is 0 Å². The van der Waals surface area contributed by atoms with Crippen molar-refractivity contribution in [1.82, 2.24) is 9.97 Å². The molecule has 2 aromatic heterocycles. The van der Waals surface area contributed by atoms with E-state index in [0.717, 1.165) is 10.2 Å². The van der Waals surface area contributed by atoms with Crippen LogP contribution in [0.3, 0.4) is 0 Å². The van der Waals surface area contributed by atoms with Crippen molar-refractivity contribution >= 4 is 27.5 Å². The second-order valence-corrected chi connectivity index (χ2v) is 4.02. The zero-order chi connectivity index (χ0) is 9.97. The molecular weight excluding hydrogens is 263 g/mol. The average Bonchev–Trinajstić information content (AvgIpc) is 2.20. The Balaban J connectivity index is 2.50. The molecule has 0 aromatic carbocycles. The minimum Gasteiger partial charge on any atom is -0.253 e. The van der Waals surface area contributed by atoms with E-state index < -0.39 is 0 Å². The topological polar surface area (TPSA) is 25.8 Å². The van der Waals surface area contributed by atoms with Gasteiger partial charge in [0.1, 0.15) is 5.69 Å². The Morgan fingerprint density at radius 2 is 2.00 bits per heavy atom. The van der Waals surface area contributed by atoms with Crippen LogP contribution in [0, 0.1) is 0 Å². The van der Waals surface area contributed by atoms with Crippen LogP contribution in [0.2, 0.25) is 5.02 Å². The first-order valence-corrected chi connectivity index (χ1v) is 5.17. The van der Waals surface area contributed by atoms with Crippen LogP contribution in [-0.4, -0.2) is 9.97 Å². The van der Waals surface area contributed by atoms with Crippen LogP contribution in [0.25, 0.3) is 11.4 Å². The molecule has 0 fully saturated rings. The van der Waals surface area contributed by atoms with Crippen LogP contribution in [0.1, 0.15) is 0 Å². The van der Waals surface area contributed by atoms with E-state index in [1.165, 1.54) is 0 Å². The quantitative estimate of drug-likeness (QED) is 0.791. The Hall–Kier alpha value is -0.930. The third-order valence-electron chi connectivity index (χ3n) is 1.73. The highest BCUT2D eigenvalue weighted by Gasteiger charge is 2.04. The molecule has 0 spiro atoms. The number of halogens is 2. The Morgan fingerprint density at radius 1 is 1.14 bits per heavy atom. The van der Waals surface area contributed by atoms with Gasteiger partial charge in [0.25, 0.3) is 0 Å². The Labute approximate surface area is 95.1 Å². The molecule has 0 radical (unpaired) electrons. The van der Waals surface area contributed by atoms with Crippen molar-refractivity contribution in [3.05, 3.63) is 46.2 Å². The summed E-state index contributed by atoms with van der Waals surface area (Å²) in [6.45, 7) is 0. The molecule has 0 unspecified atom stereocenters. The van der Waals surface area contributed by atoms with Crippen LogP contribution in [0.5, 0.6) is 0 Å². The molecule has 0 aliphatic carbocycles. The molecule has 0 aliphatic rings. The fourth-order valence-electron chi connectivity index (χ4n) is 1.09. The molecule has 0 saturated heterocycles. The Kier molecular flexibility index (Phi) is 2.79. The fourth-order valence-corrected chi connectivity index (χ4v) is 1.54. The van der Waals surface area contributed by atoms with Gasteiger partial charge in [-0.15, -0.1) is 0 Å². The number of hydrogen-bond donors (Lipinski definition) is 0. The lowest BCUT2D eigenvalue weighted by Gasteiger charge is -2.01. The summed E-state index contributed by atoms with van der Waals surface area (Å²) in [6, 6.07) is 7.38. The standard InChI is InChI=1S/C10H6BrClN2/c11-7-3-4-9(14-6-7)10-8(12)2-1-5-13-10/h1-6H. The van der Waals surface area contributed by atoms with Crippen LogP contribution in [0.4, 0.5) is 0 Å². The predicted molar refractivity (Wildman–Crippen MR) is 60.2 cm³/mol. The Morgan fingerprint density at radius 3 is 2.64 bits per heavy atom. The van der Waals surface area contributed by atoms with Crippen LogP contribution in [-0.2, 0) is 0 Å². The maximum absolute atomic E-state index is 5.98. The van der Waals surface area contributed by atoms with Gasteiger partial charge in [0, 0.05) is 16.9 Å². The van der Waals surface area contributed by atoms with Crippen molar-refractivity contribution in [2.75, 3.05) is 0 Å². The van der Waals surface area contributed by atoms with Gasteiger partial charge in [0.2, 0.25) is 0 Å². The number of hydrogen-bond acceptors (Lipinski definition) is 2. The highest BCUT2D eigenvalue weighted by Crippen LogP contribution is 2.23. The number of nitrogens with zero attached hydrogens (tertiary/aromatic N) is 2. The molecule has 0 saturated carbocycles. The lowest BCUT2D eigenvalue weighted by molar-refractivity contribution is 1.24. The van der Waals surface area contributed by atoms with Crippen LogP contribution in [0.15, 0.2) is 41.1 Å². The minimum absolute atomic E-state index is 0.613. The van der Waals surface area contributed by atoms with Crippen LogP contribution < -0.4 is 0 Å². The lowest BCUT2D eigenvalue weighted by Crippen LogP contribution is -1.87. The predicted octanol–water partition coefficient (Wildman–Crippen LogP) is 3.56. The minimum atomic E-state index is 0.613. The summed E-state index contributed by atoms with van der Waals surface area (Å²) in [4.78, 5) is 8.38. The number of rotatable bonds is 1. The third kappa shape index (κ3) is 1.94. The molecule has 0 amide bonds. The zero-order valence-corrected chi connectivity index (χ0v) is 9.46. The fraction of sp³-hybridized carbons (Fsp3) is 0. The molecule has 2 heterocycles. The first kappa shape index (κ1) is 9.62. The molecule has 0 N–H and O–H groups in total. The van der Waals surface area contributed by atoms with E-state index in [9.17, 15) is 0 Å². The van der Waals surface area contributed by atoms with Crippen molar-refractivity contribution in [1.29, 1.82) is 0 Å². The van der Waals surface area contributed by atoms with Gasteiger partial charge >= 0.3 is 0 Å². The summed E-state index contributed by atoms with van der Waals surface area (Å²) in [5.74, 6) is 0. The van der Waals surface area contributed by atoms with Gasteiger partial charge in [0.05, 0.1) is 10.7 Å². The molecule has 0 atom stereocenters. The van der Waals surface area contributed by atoms with Gasteiger partial charge in [-0.1, -0.05) is 11.6 Å². The first-order chi connectivity index (χ1) is 6.77. The highest BCUT2D eigenvalue weighted by molar-refractivity contribution is 9.10. The zero-order valence-electron chi connectivity index (χ0n) is 7.11. The SMILES string of the molecule is Clc1cccnc1-c1ccc(Br)cn1. The van der Waals surface area contributed by atoms with Crippen LogP contribution >= 0.6 is 27.5 Å². The molecule has 2 rings (SSSR count). The second kappa shape index (κ2) is 4.07. The molecule has 14 heavy (non-hydrogen) atoms. The van der Waals surface area contributed by atoms with E-state index in [0.29, 0.717) is 10.7 Å². The summed E-state index contributed by atoms with van der Waals surface area (Å²) in [6.07, 6.45) is 3.42. The van der Waals surface area contributed by atoms with Gasteiger partial charge in [0.15, 0.2) is 0 Å². The summed E-state index contributed by atoms with van der Waals surface area (Å²) < 4.78 is 0.938. The van der Waals surface area contributed by atoms with E-state index in [1.807, 2.05) is 12.1 Å². The molecule has 0 bridgehead atoms. The molecule has 2 nitrogen and oxygen atoms in total. The highest BCUT2D eigenvalue weighted by atomic mass is 79.9. The molecular formula is C10H6BrClN2. The van der Waals surface area contributed by atoms with E-state index in [1.54, 1.807) is 24.5 Å². The molecule has 70 valence electrons. The molecule has 4 heteroatoms. The Bertz CT molecular complexity index is 442. The second-order valence-electron chi connectivity index (χ2n) is 2.70. The normalized spacial score (nSPS) is 10.1. The maximum atomic E-state index is 5.98. The monoisotopic (exact) mass is 268 g/mol. The van der Waals surface area contributed by atoms with Gasteiger partial charge in [-0.2, -0.15) is 0 Å². The summed E-state index contributed by atoms with van der Waals surface area (Å²) >= 11 is 9.30. The van der Waals surface area contributed by atoms with Gasteiger partial charge in [-0.25, -0.2) is 0 Å². The smallest absolute Gasteiger partial charge is 0.107 e. The molecule has 2 aromatic rings. The van der Waals surface area contributed by atoms with Crippen molar-refractivity contribution in [3.8, 4) is 11.4 Å². The summed E-state index contributed by atoms with van der Waals surface area (Å²) in [5.41, 5.74) is 1.49. The summed E-state index contributed by atoms with van der Waals surface area (Å²) in [5, 5.41) is 0.613. The van der Waals surface area contributed by atoms with E-state index >= 15 is 0 Å². The van der Waals surface area contributed by atoms with Gasteiger partial charge in [-0.05, 0) is 40.2 Å². The summed E-state index contributed by atoms with van der Waals surface area (Å²) in [7, 11) is 0. The lowest BCUT2D eigenvalue weighted by atomic mass is 10.2. The average molecular weight is 270 g/mol. The van der Waals surface area contributed by atoms with Gasteiger partial charge < -0.3 is 0 Å². The van der Waals surface area contributed by atoms with Crippen molar-refractivity contribution in [3.63, 3.8) is 0 Å². The van der Waals surface area contributed by atoms with Crippen molar-refractivity contribution in [2.24, 2.45) is 0 Å². The number of pyridine rings is 2. The largest absolute Gasteiger partial charge is 0.253 e. The van der Waals surface area contributed by atoms with Gasteiger partial charge in [-0.3, -0.25) is 9.97 Å². The van der Waals surface area contributed by atoms with E-state index in [4.69, 9.17) is 11.6 Å². The molecule has 0 aliphatic heterocycles. The first-order valence-electron chi connectivity index (χ1n) is 4.00.